The lowest BCUT2D eigenvalue weighted by atomic mass is 10.0. The van der Waals surface area contributed by atoms with E-state index >= 15 is 0 Å². The van der Waals surface area contributed by atoms with Gasteiger partial charge in [-0.3, -0.25) is 0 Å². The van der Waals surface area contributed by atoms with Gasteiger partial charge in [-0.1, -0.05) is 6.07 Å². The molecule has 1 aliphatic rings. The van der Waals surface area contributed by atoms with Gasteiger partial charge >= 0.3 is 0 Å². The maximum atomic E-state index is 12.8. The van der Waals surface area contributed by atoms with Crippen molar-refractivity contribution >= 4 is 0 Å². The van der Waals surface area contributed by atoms with Crippen molar-refractivity contribution in [2.24, 2.45) is 0 Å². The van der Waals surface area contributed by atoms with Crippen molar-refractivity contribution < 1.29 is 9.13 Å². The molecule has 2 unspecified atom stereocenters. The lowest BCUT2D eigenvalue weighted by Gasteiger charge is -2.03. The Morgan fingerprint density at radius 2 is 1.83 bits per heavy atom. The van der Waals surface area contributed by atoms with E-state index in [0.29, 0.717) is 0 Å². The Labute approximate surface area is 71.2 Å². The number of hydrogen-bond donors (Lipinski definition) is 0. The number of rotatable bonds is 0. The second kappa shape index (κ2) is 2.56. The molecule has 2 rings (SSSR count). The molecule has 1 aliphatic heterocycles. The minimum Gasteiger partial charge on any atom is -0.366 e. The van der Waals surface area contributed by atoms with E-state index in [-0.39, 0.29) is 18.0 Å². The Bertz CT molecular complexity index is 309. The minimum absolute atomic E-state index is 0.0331. The largest absolute Gasteiger partial charge is 0.366 e. The normalized spacial score (nSPS) is 27.2. The van der Waals surface area contributed by atoms with E-state index in [9.17, 15) is 4.39 Å². The fourth-order valence-electron chi connectivity index (χ4n) is 1.72. The van der Waals surface area contributed by atoms with Crippen molar-refractivity contribution in [3.63, 3.8) is 0 Å². The number of ether oxygens (including phenoxy) is 1. The van der Waals surface area contributed by atoms with E-state index < -0.39 is 0 Å². The smallest absolute Gasteiger partial charge is 0.123 e. The Balaban J connectivity index is 2.53. The summed E-state index contributed by atoms with van der Waals surface area (Å²) in [4.78, 5) is 0. The molecule has 0 bridgehead atoms. The number of benzene rings is 1. The van der Waals surface area contributed by atoms with Gasteiger partial charge in [0.25, 0.3) is 0 Å². The molecule has 0 fully saturated rings. The summed E-state index contributed by atoms with van der Waals surface area (Å²) in [6.07, 6.45) is 0.140. The molecule has 64 valence electrons. The average Bonchev–Trinajstić information content (AvgIpc) is 2.28. The summed E-state index contributed by atoms with van der Waals surface area (Å²) in [7, 11) is 0. The van der Waals surface area contributed by atoms with Crippen molar-refractivity contribution in [2.75, 3.05) is 0 Å². The predicted molar refractivity (Wildman–Crippen MR) is 44.3 cm³/mol. The molecule has 0 N–H and O–H groups in total. The third-order valence-corrected chi connectivity index (χ3v) is 2.33. The highest BCUT2D eigenvalue weighted by molar-refractivity contribution is 5.34. The van der Waals surface area contributed by atoms with Crippen LogP contribution < -0.4 is 0 Å². The Morgan fingerprint density at radius 1 is 1.17 bits per heavy atom. The first-order valence-electron chi connectivity index (χ1n) is 4.13. The van der Waals surface area contributed by atoms with Gasteiger partial charge in [0.15, 0.2) is 0 Å². The van der Waals surface area contributed by atoms with Gasteiger partial charge in [0, 0.05) is 0 Å². The van der Waals surface area contributed by atoms with Crippen LogP contribution in [-0.4, -0.2) is 0 Å². The Kier molecular flexibility index (Phi) is 1.65. The first-order chi connectivity index (χ1) is 5.68. The molecule has 1 heterocycles. The summed E-state index contributed by atoms with van der Waals surface area (Å²) < 4.78 is 18.3. The summed E-state index contributed by atoms with van der Waals surface area (Å²) >= 11 is 0. The summed E-state index contributed by atoms with van der Waals surface area (Å²) in [5, 5.41) is 0. The van der Waals surface area contributed by atoms with Gasteiger partial charge in [-0.15, -0.1) is 0 Å². The SMILES string of the molecule is CC1OC(C)c2cc(F)ccc21. The highest BCUT2D eigenvalue weighted by Gasteiger charge is 2.25. The molecule has 12 heavy (non-hydrogen) atoms. The fraction of sp³-hybridized carbons (Fsp3) is 0.400. The summed E-state index contributed by atoms with van der Waals surface area (Å²) in [6, 6.07) is 4.85. The van der Waals surface area contributed by atoms with Crippen LogP contribution in [0.2, 0.25) is 0 Å². The molecule has 2 atom stereocenters. The zero-order chi connectivity index (χ0) is 8.72. The molecule has 0 aliphatic carbocycles. The van der Waals surface area contributed by atoms with Crippen LogP contribution in [0, 0.1) is 5.82 Å². The maximum absolute atomic E-state index is 12.8. The molecular weight excluding hydrogens is 155 g/mol. The highest BCUT2D eigenvalue weighted by atomic mass is 19.1. The maximum Gasteiger partial charge on any atom is 0.123 e. The first-order valence-corrected chi connectivity index (χ1v) is 4.13. The van der Waals surface area contributed by atoms with Crippen LogP contribution in [0.5, 0.6) is 0 Å². The monoisotopic (exact) mass is 166 g/mol. The Morgan fingerprint density at radius 3 is 2.58 bits per heavy atom. The average molecular weight is 166 g/mol. The zero-order valence-electron chi connectivity index (χ0n) is 7.17. The van der Waals surface area contributed by atoms with Crippen LogP contribution in [0.3, 0.4) is 0 Å². The van der Waals surface area contributed by atoms with Gasteiger partial charge in [0.2, 0.25) is 0 Å². The van der Waals surface area contributed by atoms with Crippen molar-refractivity contribution in [2.45, 2.75) is 26.1 Å². The molecule has 2 heteroatoms. The van der Waals surface area contributed by atoms with Gasteiger partial charge in [-0.05, 0) is 37.1 Å². The zero-order valence-corrected chi connectivity index (χ0v) is 7.17. The number of halogens is 1. The topological polar surface area (TPSA) is 9.23 Å². The van der Waals surface area contributed by atoms with E-state index in [1.165, 1.54) is 6.07 Å². The quantitative estimate of drug-likeness (QED) is 0.575. The number of fused-ring (bicyclic) bond motifs is 1. The highest BCUT2D eigenvalue weighted by Crippen LogP contribution is 2.38. The van der Waals surface area contributed by atoms with Gasteiger partial charge in [-0.25, -0.2) is 4.39 Å². The summed E-state index contributed by atoms with van der Waals surface area (Å²) in [5.41, 5.74) is 2.10. The minimum atomic E-state index is -0.182. The lowest BCUT2D eigenvalue weighted by molar-refractivity contribution is 0.0332. The van der Waals surface area contributed by atoms with Crippen LogP contribution in [0.25, 0.3) is 0 Å². The van der Waals surface area contributed by atoms with Gasteiger partial charge in [-0.2, -0.15) is 0 Å². The summed E-state index contributed by atoms with van der Waals surface area (Å²) in [5.74, 6) is -0.182. The molecule has 1 nitrogen and oxygen atoms in total. The summed E-state index contributed by atoms with van der Waals surface area (Å²) in [6.45, 7) is 3.93. The van der Waals surface area contributed by atoms with Crippen LogP contribution in [-0.2, 0) is 4.74 Å². The van der Waals surface area contributed by atoms with Crippen LogP contribution in [0.4, 0.5) is 4.39 Å². The molecule has 1 aromatic carbocycles. The second-order valence-corrected chi connectivity index (χ2v) is 3.19. The molecule has 1 aromatic rings. The molecule has 0 saturated heterocycles. The van der Waals surface area contributed by atoms with Crippen molar-refractivity contribution in [1.29, 1.82) is 0 Å². The van der Waals surface area contributed by atoms with E-state index in [1.807, 2.05) is 13.8 Å². The molecule has 0 saturated carbocycles. The Hall–Kier alpha value is -0.890. The van der Waals surface area contributed by atoms with E-state index in [4.69, 9.17) is 4.74 Å². The molecule has 0 radical (unpaired) electrons. The van der Waals surface area contributed by atoms with Crippen LogP contribution in [0.1, 0.15) is 37.2 Å². The van der Waals surface area contributed by atoms with Crippen molar-refractivity contribution in [3.05, 3.63) is 35.1 Å². The molecule has 0 amide bonds. The molecule has 0 spiro atoms. The van der Waals surface area contributed by atoms with Crippen molar-refractivity contribution in [1.82, 2.24) is 0 Å². The standard InChI is InChI=1S/C10H11FO/c1-6-9-4-3-8(11)5-10(9)7(2)12-6/h3-7H,1-2H3. The van der Waals surface area contributed by atoms with Crippen LogP contribution in [0.15, 0.2) is 18.2 Å². The molecule has 0 aromatic heterocycles. The van der Waals surface area contributed by atoms with Gasteiger partial charge in [0.05, 0.1) is 12.2 Å². The van der Waals surface area contributed by atoms with E-state index in [1.54, 1.807) is 12.1 Å². The third-order valence-electron chi connectivity index (χ3n) is 2.33. The lowest BCUT2D eigenvalue weighted by Crippen LogP contribution is -1.88. The van der Waals surface area contributed by atoms with Gasteiger partial charge < -0.3 is 4.74 Å². The molecular formula is C10H11FO. The van der Waals surface area contributed by atoms with E-state index in [2.05, 4.69) is 0 Å². The third kappa shape index (κ3) is 1.03. The van der Waals surface area contributed by atoms with E-state index in [0.717, 1.165) is 11.1 Å². The second-order valence-electron chi connectivity index (χ2n) is 3.19. The van der Waals surface area contributed by atoms with Gasteiger partial charge in [0.1, 0.15) is 5.82 Å². The predicted octanol–water partition coefficient (Wildman–Crippen LogP) is 2.98. The van der Waals surface area contributed by atoms with Crippen molar-refractivity contribution in [3.8, 4) is 0 Å². The first kappa shape index (κ1) is 7.74. The fourth-order valence-corrected chi connectivity index (χ4v) is 1.72. The van der Waals surface area contributed by atoms with Crippen LogP contribution >= 0.6 is 0 Å². The number of hydrogen-bond acceptors (Lipinski definition) is 1.